The van der Waals surface area contributed by atoms with Gasteiger partial charge in [-0.25, -0.2) is 0 Å². The third-order valence-electron chi connectivity index (χ3n) is 5.19. The molecule has 5 heteroatoms. The standard InChI is InChI=1S/C20H24ClN3.BrH/c21-17-6-9-19(10-7-17)24-13-11-23(12-14-24)15-18-8-5-16-3-1-2-4-20(16)22-18;/h5-10H,1-4,11-15H2;1H. The number of hydrogen-bond donors (Lipinski definition) is 0. The van der Waals surface area contributed by atoms with Crippen LogP contribution in [0, 0.1) is 0 Å². The first-order valence-corrected chi connectivity index (χ1v) is 9.36. The van der Waals surface area contributed by atoms with Crippen molar-refractivity contribution in [3.05, 3.63) is 58.4 Å². The number of hydrogen-bond acceptors (Lipinski definition) is 3. The zero-order valence-electron chi connectivity index (χ0n) is 14.5. The molecule has 0 atom stereocenters. The summed E-state index contributed by atoms with van der Waals surface area (Å²) >= 11 is 5.98. The van der Waals surface area contributed by atoms with Gasteiger partial charge in [0.25, 0.3) is 0 Å². The fourth-order valence-electron chi connectivity index (χ4n) is 3.76. The van der Waals surface area contributed by atoms with Crippen LogP contribution in [0.15, 0.2) is 36.4 Å². The summed E-state index contributed by atoms with van der Waals surface area (Å²) < 4.78 is 0. The quantitative estimate of drug-likeness (QED) is 0.725. The summed E-state index contributed by atoms with van der Waals surface area (Å²) in [6.45, 7) is 5.27. The SMILES string of the molecule is Br.Clc1ccc(N2CCN(Cc3ccc4c(n3)CCCC4)CC2)cc1. The molecule has 1 saturated heterocycles. The molecule has 1 fully saturated rings. The maximum absolute atomic E-state index is 5.98. The summed E-state index contributed by atoms with van der Waals surface area (Å²) in [7, 11) is 0. The van der Waals surface area contributed by atoms with Crippen molar-refractivity contribution in [2.24, 2.45) is 0 Å². The van der Waals surface area contributed by atoms with Crippen molar-refractivity contribution >= 4 is 34.3 Å². The molecule has 0 radical (unpaired) electrons. The van der Waals surface area contributed by atoms with Crippen LogP contribution in [0.5, 0.6) is 0 Å². The highest BCUT2D eigenvalue weighted by Crippen LogP contribution is 2.22. The summed E-state index contributed by atoms with van der Waals surface area (Å²) in [5.41, 5.74) is 5.32. The monoisotopic (exact) mass is 421 g/mol. The van der Waals surface area contributed by atoms with Gasteiger partial charge < -0.3 is 4.90 Å². The van der Waals surface area contributed by atoms with E-state index >= 15 is 0 Å². The second-order valence-corrected chi connectivity index (χ2v) is 7.29. The average molecular weight is 423 g/mol. The van der Waals surface area contributed by atoms with E-state index in [1.807, 2.05) is 12.1 Å². The van der Waals surface area contributed by atoms with Crippen molar-refractivity contribution in [2.45, 2.75) is 32.2 Å². The molecule has 3 nitrogen and oxygen atoms in total. The third kappa shape index (κ3) is 4.55. The van der Waals surface area contributed by atoms with E-state index in [0.29, 0.717) is 0 Å². The topological polar surface area (TPSA) is 19.4 Å². The highest BCUT2D eigenvalue weighted by molar-refractivity contribution is 8.93. The van der Waals surface area contributed by atoms with E-state index in [0.717, 1.165) is 44.2 Å². The van der Waals surface area contributed by atoms with E-state index in [1.165, 1.54) is 41.9 Å². The van der Waals surface area contributed by atoms with Crippen LogP contribution in [0.4, 0.5) is 5.69 Å². The molecule has 1 aromatic heterocycles. The Morgan fingerprint density at radius 2 is 1.60 bits per heavy atom. The van der Waals surface area contributed by atoms with Crippen molar-refractivity contribution in [2.75, 3.05) is 31.1 Å². The van der Waals surface area contributed by atoms with Gasteiger partial charge in [-0.05, 0) is 61.6 Å². The van der Waals surface area contributed by atoms with Crippen molar-refractivity contribution in [1.29, 1.82) is 0 Å². The summed E-state index contributed by atoms with van der Waals surface area (Å²) in [5, 5.41) is 0.802. The number of aryl methyl sites for hydroxylation is 2. The average Bonchev–Trinajstić information content (AvgIpc) is 2.63. The molecule has 134 valence electrons. The molecular weight excluding hydrogens is 398 g/mol. The van der Waals surface area contributed by atoms with E-state index in [9.17, 15) is 0 Å². The van der Waals surface area contributed by atoms with Crippen LogP contribution in [0.25, 0.3) is 0 Å². The molecule has 1 aliphatic carbocycles. The number of fused-ring (bicyclic) bond motifs is 1. The zero-order chi connectivity index (χ0) is 16.4. The first-order chi connectivity index (χ1) is 11.8. The zero-order valence-corrected chi connectivity index (χ0v) is 16.9. The third-order valence-corrected chi connectivity index (χ3v) is 5.44. The molecule has 4 rings (SSSR count). The Kier molecular flexibility index (Phi) is 6.37. The molecule has 25 heavy (non-hydrogen) atoms. The number of piperazine rings is 1. The summed E-state index contributed by atoms with van der Waals surface area (Å²) in [5.74, 6) is 0. The van der Waals surface area contributed by atoms with Gasteiger partial charge in [-0.3, -0.25) is 9.88 Å². The highest BCUT2D eigenvalue weighted by Gasteiger charge is 2.18. The van der Waals surface area contributed by atoms with Crippen molar-refractivity contribution in [3.8, 4) is 0 Å². The number of aromatic nitrogens is 1. The Hall–Kier alpha value is -1.10. The number of halogens is 2. The molecular formula is C20H25BrClN3. The molecule has 2 aromatic rings. The molecule has 0 unspecified atom stereocenters. The van der Waals surface area contributed by atoms with E-state index in [2.05, 4.69) is 34.1 Å². The van der Waals surface area contributed by atoms with Gasteiger partial charge in [0.15, 0.2) is 0 Å². The lowest BCUT2D eigenvalue weighted by molar-refractivity contribution is 0.247. The van der Waals surface area contributed by atoms with Crippen LogP contribution >= 0.6 is 28.6 Å². The molecule has 0 N–H and O–H groups in total. The number of benzene rings is 1. The Morgan fingerprint density at radius 3 is 2.36 bits per heavy atom. The second-order valence-electron chi connectivity index (χ2n) is 6.86. The Balaban J connectivity index is 0.00000182. The van der Waals surface area contributed by atoms with Crippen LogP contribution < -0.4 is 4.90 Å². The van der Waals surface area contributed by atoms with E-state index in [-0.39, 0.29) is 17.0 Å². The van der Waals surface area contributed by atoms with Crippen LogP contribution in [0.3, 0.4) is 0 Å². The number of pyridine rings is 1. The number of rotatable bonds is 3. The van der Waals surface area contributed by atoms with Crippen molar-refractivity contribution in [3.63, 3.8) is 0 Å². The minimum absolute atomic E-state index is 0. The number of anilines is 1. The predicted molar refractivity (Wildman–Crippen MR) is 110 cm³/mol. The number of nitrogens with zero attached hydrogens (tertiary/aromatic N) is 3. The molecule has 1 aliphatic heterocycles. The van der Waals surface area contributed by atoms with Crippen molar-refractivity contribution < 1.29 is 0 Å². The van der Waals surface area contributed by atoms with Gasteiger partial charge in [-0.15, -0.1) is 17.0 Å². The van der Waals surface area contributed by atoms with Gasteiger partial charge in [-0.2, -0.15) is 0 Å². The maximum atomic E-state index is 5.98. The van der Waals surface area contributed by atoms with Gasteiger partial charge in [0, 0.05) is 49.1 Å². The fourth-order valence-corrected chi connectivity index (χ4v) is 3.89. The predicted octanol–water partition coefficient (Wildman–Crippen LogP) is 4.51. The molecule has 0 bridgehead atoms. The lowest BCUT2D eigenvalue weighted by Crippen LogP contribution is -2.46. The lowest BCUT2D eigenvalue weighted by atomic mass is 9.96. The molecule has 0 amide bonds. The van der Waals surface area contributed by atoms with E-state index in [4.69, 9.17) is 16.6 Å². The lowest BCUT2D eigenvalue weighted by Gasteiger charge is -2.36. The minimum Gasteiger partial charge on any atom is -0.369 e. The normalized spacial score (nSPS) is 17.7. The van der Waals surface area contributed by atoms with Crippen LogP contribution in [-0.2, 0) is 19.4 Å². The van der Waals surface area contributed by atoms with E-state index in [1.54, 1.807) is 0 Å². The second kappa shape index (κ2) is 8.52. The summed E-state index contributed by atoms with van der Waals surface area (Å²) in [4.78, 5) is 9.88. The smallest absolute Gasteiger partial charge is 0.0547 e. The minimum atomic E-state index is 0. The first-order valence-electron chi connectivity index (χ1n) is 8.98. The van der Waals surface area contributed by atoms with Gasteiger partial charge in [0.1, 0.15) is 0 Å². The summed E-state index contributed by atoms with van der Waals surface area (Å²) in [6.07, 6.45) is 4.99. The van der Waals surface area contributed by atoms with Crippen LogP contribution in [0.2, 0.25) is 5.02 Å². The van der Waals surface area contributed by atoms with Crippen molar-refractivity contribution in [1.82, 2.24) is 9.88 Å². The van der Waals surface area contributed by atoms with E-state index < -0.39 is 0 Å². The van der Waals surface area contributed by atoms with Crippen LogP contribution in [-0.4, -0.2) is 36.1 Å². The molecule has 0 spiro atoms. The van der Waals surface area contributed by atoms with Gasteiger partial charge in [-0.1, -0.05) is 17.7 Å². The van der Waals surface area contributed by atoms with Crippen LogP contribution in [0.1, 0.15) is 29.8 Å². The molecule has 2 aliphatic rings. The van der Waals surface area contributed by atoms with Gasteiger partial charge >= 0.3 is 0 Å². The van der Waals surface area contributed by atoms with Gasteiger partial charge in [0.2, 0.25) is 0 Å². The molecule has 1 aromatic carbocycles. The maximum Gasteiger partial charge on any atom is 0.0547 e. The van der Waals surface area contributed by atoms with Gasteiger partial charge in [0.05, 0.1) is 5.69 Å². The Bertz CT molecular complexity index is 697. The molecule has 0 saturated carbocycles. The molecule has 2 heterocycles. The first kappa shape index (κ1) is 18.7. The highest BCUT2D eigenvalue weighted by atomic mass is 79.9. The fraction of sp³-hybridized carbons (Fsp3) is 0.450. The largest absolute Gasteiger partial charge is 0.369 e. The summed E-state index contributed by atoms with van der Waals surface area (Å²) in [6, 6.07) is 12.7. The Labute approximate surface area is 165 Å². The Morgan fingerprint density at radius 1 is 0.880 bits per heavy atom.